The van der Waals surface area contributed by atoms with Crippen LogP contribution < -0.4 is 11.5 Å². The summed E-state index contributed by atoms with van der Waals surface area (Å²) in [5, 5.41) is 4.68. The summed E-state index contributed by atoms with van der Waals surface area (Å²) in [6.07, 6.45) is 2.82. The summed E-state index contributed by atoms with van der Waals surface area (Å²) in [4.78, 5) is 10.9. The van der Waals surface area contributed by atoms with Crippen molar-refractivity contribution < 1.29 is 4.79 Å². The molecule has 17 heavy (non-hydrogen) atoms. The van der Waals surface area contributed by atoms with Gasteiger partial charge in [-0.15, -0.1) is 0 Å². The Morgan fingerprint density at radius 3 is 2.53 bits per heavy atom. The van der Waals surface area contributed by atoms with Crippen molar-refractivity contribution in [2.45, 2.75) is 0 Å². The molecular weight excluding hydrogens is 263 g/mol. The van der Waals surface area contributed by atoms with Crippen molar-refractivity contribution in [2.24, 2.45) is 5.73 Å². The molecule has 0 aliphatic heterocycles. The lowest BCUT2D eigenvalue weighted by atomic mass is 10.2. The van der Waals surface area contributed by atoms with Crippen molar-refractivity contribution in [1.29, 1.82) is 0 Å². The summed E-state index contributed by atoms with van der Waals surface area (Å²) < 4.78 is 1.41. The molecule has 0 bridgehead atoms. The lowest BCUT2D eigenvalue weighted by molar-refractivity contribution is 0.100. The van der Waals surface area contributed by atoms with E-state index >= 15 is 0 Å². The van der Waals surface area contributed by atoms with Crippen molar-refractivity contribution in [1.82, 2.24) is 9.78 Å². The van der Waals surface area contributed by atoms with E-state index in [2.05, 4.69) is 5.10 Å². The molecule has 0 aliphatic rings. The molecule has 0 unspecified atom stereocenters. The van der Waals surface area contributed by atoms with Crippen LogP contribution in [0.15, 0.2) is 24.5 Å². The van der Waals surface area contributed by atoms with Crippen LogP contribution in [-0.4, -0.2) is 15.7 Å². The number of hydrogen-bond acceptors (Lipinski definition) is 3. The zero-order chi connectivity index (χ0) is 12.6. The molecule has 0 saturated heterocycles. The average molecular weight is 271 g/mol. The molecule has 1 aromatic carbocycles. The summed E-state index contributed by atoms with van der Waals surface area (Å²) in [5.74, 6) is -0.560. The highest BCUT2D eigenvalue weighted by molar-refractivity contribution is 6.42. The number of amides is 1. The molecule has 1 heterocycles. The van der Waals surface area contributed by atoms with Crippen LogP contribution in [0.2, 0.25) is 10.0 Å². The molecule has 0 saturated carbocycles. The zero-order valence-electron chi connectivity index (χ0n) is 8.52. The number of carbonyl (C=O) groups excluding carboxylic acids is 1. The standard InChI is InChI=1S/C10H8Cl2N4O/c11-6-1-8(13)9(2-7(6)12)16-4-5(3-15-16)10(14)17/h1-4H,13H2,(H2,14,17). The fourth-order valence-corrected chi connectivity index (χ4v) is 1.66. The lowest BCUT2D eigenvalue weighted by Gasteiger charge is -2.07. The van der Waals surface area contributed by atoms with E-state index in [1.54, 1.807) is 6.07 Å². The molecule has 1 amide bonds. The molecule has 0 atom stereocenters. The summed E-state index contributed by atoms with van der Waals surface area (Å²) in [6.45, 7) is 0. The number of halogens is 2. The smallest absolute Gasteiger partial charge is 0.251 e. The van der Waals surface area contributed by atoms with Crippen molar-refractivity contribution in [3.8, 4) is 5.69 Å². The average Bonchev–Trinajstić information content (AvgIpc) is 2.72. The van der Waals surface area contributed by atoms with Crippen LogP contribution in [0.1, 0.15) is 10.4 Å². The normalized spacial score (nSPS) is 10.5. The van der Waals surface area contributed by atoms with Gasteiger partial charge in [-0.05, 0) is 12.1 Å². The molecule has 0 aliphatic carbocycles. The SMILES string of the molecule is NC(=O)c1cnn(-c2cc(Cl)c(Cl)cc2N)c1. The number of nitrogens with zero attached hydrogens (tertiary/aromatic N) is 2. The number of carbonyl (C=O) groups is 1. The maximum atomic E-state index is 10.9. The zero-order valence-corrected chi connectivity index (χ0v) is 10.0. The quantitative estimate of drug-likeness (QED) is 0.817. The van der Waals surface area contributed by atoms with Crippen LogP contribution in [0.4, 0.5) is 5.69 Å². The highest BCUT2D eigenvalue weighted by Crippen LogP contribution is 2.29. The van der Waals surface area contributed by atoms with Crippen LogP contribution in [0.3, 0.4) is 0 Å². The van der Waals surface area contributed by atoms with Crippen LogP contribution in [0, 0.1) is 0 Å². The van der Waals surface area contributed by atoms with E-state index in [4.69, 9.17) is 34.7 Å². The van der Waals surface area contributed by atoms with Gasteiger partial charge in [-0.1, -0.05) is 23.2 Å². The second-order valence-corrected chi connectivity index (χ2v) is 4.18. The Morgan fingerprint density at radius 2 is 1.94 bits per heavy atom. The van der Waals surface area contributed by atoms with Crippen LogP contribution in [0.25, 0.3) is 5.69 Å². The Morgan fingerprint density at radius 1 is 1.29 bits per heavy atom. The molecule has 5 nitrogen and oxygen atoms in total. The van der Waals surface area contributed by atoms with Crippen molar-refractivity contribution in [3.05, 3.63) is 40.1 Å². The first kappa shape index (κ1) is 11.8. The lowest BCUT2D eigenvalue weighted by Crippen LogP contribution is -2.09. The Labute approximate surface area is 107 Å². The maximum absolute atomic E-state index is 10.9. The van der Waals surface area contributed by atoms with Gasteiger partial charge in [0.25, 0.3) is 5.91 Å². The van der Waals surface area contributed by atoms with Crippen molar-refractivity contribution in [2.75, 3.05) is 5.73 Å². The topological polar surface area (TPSA) is 86.9 Å². The number of anilines is 1. The third-order valence-corrected chi connectivity index (χ3v) is 2.91. The molecular formula is C10H8Cl2N4O. The summed E-state index contributed by atoms with van der Waals surface area (Å²) >= 11 is 11.7. The number of rotatable bonds is 2. The first-order valence-corrected chi connectivity index (χ1v) is 5.34. The minimum atomic E-state index is -0.560. The molecule has 2 aromatic rings. The molecule has 2 rings (SSSR count). The van der Waals surface area contributed by atoms with Gasteiger partial charge in [0.1, 0.15) is 0 Å². The highest BCUT2D eigenvalue weighted by atomic mass is 35.5. The first-order chi connectivity index (χ1) is 7.99. The van der Waals surface area contributed by atoms with Gasteiger partial charge in [-0.3, -0.25) is 4.79 Å². The highest BCUT2D eigenvalue weighted by Gasteiger charge is 2.10. The number of nitrogens with two attached hydrogens (primary N) is 2. The van der Waals surface area contributed by atoms with Crippen molar-refractivity contribution in [3.63, 3.8) is 0 Å². The van der Waals surface area contributed by atoms with Crippen molar-refractivity contribution >= 4 is 34.8 Å². The molecule has 0 fully saturated rings. The Balaban J connectivity index is 2.52. The largest absolute Gasteiger partial charge is 0.397 e. The van der Waals surface area contributed by atoms with Gasteiger partial charge in [-0.25, -0.2) is 4.68 Å². The van der Waals surface area contributed by atoms with E-state index in [0.717, 1.165) is 0 Å². The summed E-state index contributed by atoms with van der Waals surface area (Å²) in [7, 11) is 0. The Hall–Kier alpha value is -1.72. The number of primary amides is 1. The predicted molar refractivity (Wildman–Crippen MR) is 66.5 cm³/mol. The third-order valence-electron chi connectivity index (χ3n) is 2.18. The second kappa shape index (κ2) is 4.27. The number of aromatic nitrogens is 2. The number of benzene rings is 1. The number of hydrogen-bond donors (Lipinski definition) is 2. The van der Waals surface area contributed by atoms with Gasteiger partial charge < -0.3 is 11.5 Å². The Bertz CT molecular complexity index is 594. The van der Waals surface area contributed by atoms with Gasteiger partial charge in [-0.2, -0.15) is 5.10 Å². The number of nitrogen functional groups attached to an aromatic ring is 1. The minimum Gasteiger partial charge on any atom is -0.397 e. The first-order valence-electron chi connectivity index (χ1n) is 4.58. The van der Waals surface area contributed by atoms with Gasteiger partial charge in [0, 0.05) is 6.20 Å². The van der Waals surface area contributed by atoms with Gasteiger partial charge in [0.2, 0.25) is 0 Å². The molecule has 7 heteroatoms. The van der Waals surface area contributed by atoms with Crippen LogP contribution in [0.5, 0.6) is 0 Å². The maximum Gasteiger partial charge on any atom is 0.251 e. The molecule has 88 valence electrons. The van der Waals surface area contributed by atoms with Gasteiger partial charge >= 0.3 is 0 Å². The fraction of sp³-hybridized carbons (Fsp3) is 0. The van der Waals surface area contributed by atoms with Crippen LogP contribution >= 0.6 is 23.2 Å². The molecule has 4 N–H and O–H groups in total. The third kappa shape index (κ3) is 2.20. The van der Waals surface area contributed by atoms with E-state index in [9.17, 15) is 4.79 Å². The van der Waals surface area contributed by atoms with E-state index < -0.39 is 5.91 Å². The summed E-state index contributed by atoms with van der Waals surface area (Å²) in [6, 6.07) is 3.09. The van der Waals surface area contributed by atoms with Crippen LogP contribution in [-0.2, 0) is 0 Å². The monoisotopic (exact) mass is 270 g/mol. The summed E-state index contributed by atoms with van der Waals surface area (Å²) in [5.41, 5.74) is 12.1. The van der Waals surface area contributed by atoms with Gasteiger partial charge in [0.15, 0.2) is 0 Å². The molecule has 0 spiro atoms. The van der Waals surface area contributed by atoms with E-state index in [1.165, 1.54) is 23.1 Å². The van der Waals surface area contributed by atoms with Gasteiger partial charge in [0.05, 0.1) is 33.2 Å². The second-order valence-electron chi connectivity index (χ2n) is 3.36. The Kier molecular flexibility index (Phi) is 2.95. The predicted octanol–water partition coefficient (Wildman–Crippen LogP) is 1.86. The van der Waals surface area contributed by atoms with E-state index in [1.807, 2.05) is 0 Å². The molecule has 1 aromatic heterocycles. The molecule has 0 radical (unpaired) electrons. The van der Waals surface area contributed by atoms with E-state index in [0.29, 0.717) is 21.4 Å². The minimum absolute atomic E-state index is 0.287. The van der Waals surface area contributed by atoms with E-state index in [-0.39, 0.29) is 5.56 Å². The fourth-order valence-electron chi connectivity index (χ4n) is 1.33.